The Balaban J connectivity index is 1.77. The van der Waals surface area contributed by atoms with E-state index >= 15 is 0 Å². The smallest absolute Gasteiger partial charge is 0.237 e. The minimum absolute atomic E-state index is 0.116. The number of nitrogens with two attached hydrogens (primary N) is 1. The van der Waals surface area contributed by atoms with Crippen LogP contribution in [-0.4, -0.2) is 29.5 Å². The van der Waals surface area contributed by atoms with Crippen molar-refractivity contribution in [3.05, 3.63) is 65.9 Å². The van der Waals surface area contributed by atoms with Crippen molar-refractivity contribution in [1.82, 2.24) is 9.97 Å². The van der Waals surface area contributed by atoms with Crippen LogP contribution in [0.1, 0.15) is 24.5 Å². The first-order chi connectivity index (χ1) is 14.7. The average Bonchev–Trinajstić information content (AvgIpc) is 2.75. The Hall–Kier alpha value is -2.91. The van der Waals surface area contributed by atoms with E-state index in [1.807, 2.05) is 39.0 Å². The van der Waals surface area contributed by atoms with Crippen LogP contribution in [0.2, 0.25) is 0 Å². The summed E-state index contributed by atoms with van der Waals surface area (Å²) in [5.74, 6) is -0.329. The zero-order valence-corrected chi connectivity index (χ0v) is 19.1. The molecule has 162 valence electrons. The quantitative estimate of drug-likeness (QED) is 0.407. The fourth-order valence-electron chi connectivity index (χ4n) is 2.85. The van der Waals surface area contributed by atoms with Gasteiger partial charge in [0.05, 0.1) is 16.3 Å². The van der Waals surface area contributed by atoms with Crippen molar-refractivity contribution >= 4 is 39.0 Å². The molecule has 1 atom stereocenters. The number of hydrogen-bond donors (Lipinski definition) is 2. The number of carbonyl (C=O) groups is 1. The van der Waals surface area contributed by atoms with Crippen LogP contribution in [0.25, 0.3) is 0 Å². The van der Waals surface area contributed by atoms with Crippen LogP contribution in [0.15, 0.2) is 69.7 Å². The standard InChI is InChI=1S/C22H24N4O3S2/c1-4-18(21(27)25-16-11-10-14(2)15(3)12-16)30-22-24-13-19(20(23)26-22)31(28,29)17-8-6-5-7-9-17/h5-13,18H,4H2,1-3H3,(H,25,27)(H2,23,24,26)/t18-/m0/s1. The fraction of sp³-hybridized carbons (Fsp3) is 0.227. The molecular formula is C22H24N4O3S2. The summed E-state index contributed by atoms with van der Waals surface area (Å²) in [5, 5.41) is 2.69. The van der Waals surface area contributed by atoms with Crippen LogP contribution in [0.5, 0.6) is 0 Å². The van der Waals surface area contributed by atoms with Crippen LogP contribution < -0.4 is 11.1 Å². The molecule has 0 radical (unpaired) electrons. The Labute approximate surface area is 186 Å². The van der Waals surface area contributed by atoms with Crippen molar-refractivity contribution in [2.45, 2.75) is 47.4 Å². The van der Waals surface area contributed by atoms with Crippen molar-refractivity contribution in [2.24, 2.45) is 0 Å². The number of amides is 1. The van der Waals surface area contributed by atoms with Crippen molar-refractivity contribution in [3.8, 4) is 0 Å². The van der Waals surface area contributed by atoms with Gasteiger partial charge in [0.1, 0.15) is 10.7 Å². The Kier molecular flexibility index (Phi) is 6.97. The summed E-state index contributed by atoms with van der Waals surface area (Å²) in [7, 11) is -3.82. The largest absolute Gasteiger partial charge is 0.382 e. The molecule has 0 aliphatic carbocycles. The molecule has 0 aliphatic rings. The van der Waals surface area contributed by atoms with Gasteiger partial charge in [-0.2, -0.15) is 0 Å². The number of thioether (sulfide) groups is 1. The highest BCUT2D eigenvalue weighted by atomic mass is 32.2. The highest BCUT2D eigenvalue weighted by molar-refractivity contribution is 8.00. The van der Waals surface area contributed by atoms with E-state index in [1.54, 1.807) is 18.2 Å². The number of carbonyl (C=O) groups excluding carboxylic acids is 1. The third kappa shape index (κ3) is 5.23. The van der Waals surface area contributed by atoms with Gasteiger partial charge in [-0.25, -0.2) is 18.4 Å². The van der Waals surface area contributed by atoms with Gasteiger partial charge in [-0.1, -0.05) is 43.0 Å². The first-order valence-electron chi connectivity index (χ1n) is 9.69. The molecule has 0 saturated heterocycles. The van der Waals surface area contributed by atoms with Crippen LogP contribution >= 0.6 is 11.8 Å². The molecule has 0 saturated carbocycles. The predicted octanol–water partition coefficient (Wildman–Crippen LogP) is 4.02. The summed E-state index contributed by atoms with van der Waals surface area (Å²) in [4.78, 5) is 21.0. The Morgan fingerprint density at radius 3 is 2.45 bits per heavy atom. The lowest BCUT2D eigenvalue weighted by molar-refractivity contribution is -0.115. The third-order valence-electron chi connectivity index (χ3n) is 4.79. The molecule has 7 nitrogen and oxygen atoms in total. The fourth-order valence-corrected chi connectivity index (χ4v) is 4.98. The minimum atomic E-state index is -3.82. The molecule has 0 fully saturated rings. The van der Waals surface area contributed by atoms with Crippen molar-refractivity contribution < 1.29 is 13.2 Å². The molecule has 0 unspecified atom stereocenters. The summed E-state index contributed by atoms with van der Waals surface area (Å²) in [6.07, 6.45) is 1.73. The first-order valence-corrected chi connectivity index (χ1v) is 12.1. The van der Waals surface area contributed by atoms with E-state index in [-0.39, 0.29) is 26.7 Å². The van der Waals surface area contributed by atoms with E-state index in [1.165, 1.54) is 18.3 Å². The Morgan fingerprint density at radius 1 is 1.13 bits per heavy atom. The molecule has 1 aromatic heterocycles. The molecule has 1 heterocycles. The molecular weight excluding hydrogens is 432 g/mol. The maximum atomic E-state index is 12.8. The van der Waals surface area contributed by atoms with Gasteiger partial charge >= 0.3 is 0 Å². The predicted molar refractivity (Wildman–Crippen MR) is 123 cm³/mol. The summed E-state index contributed by atoms with van der Waals surface area (Å²) in [6.45, 7) is 5.88. The highest BCUT2D eigenvalue weighted by Gasteiger charge is 2.24. The Bertz CT molecular complexity index is 1200. The van der Waals surface area contributed by atoms with Crippen molar-refractivity contribution in [1.29, 1.82) is 0 Å². The second-order valence-electron chi connectivity index (χ2n) is 7.02. The second kappa shape index (κ2) is 9.49. The number of aromatic nitrogens is 2. The minimum Gasteiger partial charge on any atom is -0.382 e. The molecule has 0 bridgehead atoms. The zero-order valence-electron chi connectivity index (χ0n) is 17.5. The van der Waals surface area contributed by atoms with E-state index < -0.39 is 15.1 Å². The SMILES string of the molecule is CC[C@H](Sc1ncc(S(=O)(=O)c2ccccc2)c(N)n1)C(=O)Nc1ccc(C)c(C)c1. The van der Waals surface area contributed by atoms with E-state index in [9.17, 15) is 13.2 Å². The van der Waals surface area contributed by atoms with Crippen molar-refractivity contribution in [3.63, 3.8) is 0 Å². The lowest BCUT2D eigenvalue weighted by Crippen LogP contribution is -2.25. The zero-order chi connectivity index (χ0) is 22.6. The number of benzene rings is 2. The average molecular weight is 457 g/mol. The van der Waals surface area contributed by atoms with Crippen LogP contribution in [0.4, 0.5) is 11.5 Å². The van der Waals surface area contributed by atoms with Gasteiger partial charge in [0.2, 0.25) is 15.7 Å². The number of sulfone groups is 1. The topological polar surface area (TPSA) is 115 Å². The number of rotatable bonds is 7. The maximum absolute atomic E-state index is 12.8. The molecule has 0 aliphatic heterocycles. The first kappa shape index (κ1) is 22.8. The van der Waals surface area contributed by atoms with E-state index in [0.29, 0.717) is 6.42 Å². The van der Waals surface area contributed by atoms with E-state index in [0.717, 1.165) is 28.6 Å². The summed E-state index contributed by atoms with van der Waals surface area (Å²) < 4.78 is 25.6. The van der Waals surface area contributed by atoms with Gasteiger partial charge in [0.15, 0.2) is 5.16 Å². The Morgan fingerprint density at radius 2 is 1.84 bits per heavy atom. The molecule has 3 aromatic rings. The van der Waals surface area contributed by atoms with Gasteiger partial charge in [0.25, 0.3) is 0 Å². The number of nitrogens with zero attached hydrogens (tertiary/aromatic N) is 2. The molecule has 1 amide bonds. The van der Waals surface area contributed by atoms with Crippen LogP contribution in [0, 0.1) is 13.8 Å². The third-order valence-corrected chi connectivity index (χ3v) is 7.81. The monoisotopic (exact) mass is 456 g/mol. The van der Waals surface area contributed by atoms with Crippen molar-refractivity contribution in [2.75, 3.05) is 11.1 Å². The van der Waals surface area contributed by atoms with E-state index in [2.05, 4.69) is 15.3 Å². The lowest BCUT2D eigenvalue weighted by Gasteiger charge is -2.15. The molecule has 2 aromatic carbocycles. The molecule has 0 spiro atoms. The number of nitrogen functional groups attached to an aromatic ring is 1. The van der Waals surface area contributed by atoms with Gasteiger partial charge in [-0.05, 0) is 55.7 Å². The summed E-state index contributed by atoms with van der Waals surface area (Å²) >= 11 is 1.14. The molecule has 9 heteroatoms. The van der Waals surface area contributed by atoms with Gasteiger partial charge in [-0.15, -0.1) is 0 Å². The maximum Gasteiger partial charge on any atom is 0.237 e. The highest BCUT2D eigenvalue weighted by Crippen LogP contribution is 2.28. The summed E-state index contributed by atoms with van der Waals surface area (Å²) in [5.41, 5.74) is 8.90. The molecule has 31 heavy (non-hydrogen) atoms. The van der Waals surface area contributed by atoms with Gasteiger partial charge in [0, 0.05) is 5.69 Å². The second-order valence-corrected chi connectivity index (χ2v) is 10.1. The van der Waals surface area contributed by atoms with Crippen LogP contribution in [0.3, 0.4) is 0 Å². The number of anilines is 2. The van der Waals surface area contributed by atoms with Crippen LogP contribution in [-0.2, 0) is 14.6 Å². The lowest BCUT2D eigenvalue weighted by atomic mass is 10.1. The number of aryl methyl sites for hydroxylation is 2. The normalized spacial score (nSPS) is 12.4. The molecule has 3 rings (SSSR count). The number of hydrogen-bond acceptors (Lipinski definition) is 7. The molecule has 3 N–H and O–H groups in total. The van der Waals surface area contributed by atoms with Gasteiger partial charge in [-0.3, -0.25) is 4.79 Å². The van der Waals surface area contributed by atoms with E-state index in [4.69, 9.17) is 5.73 Å². The summed E-state index contributed by atoms with van der Waals surface area (Å²) in [6, 6.07) is 13.7. The number of nitrogens with one attached hydrogen (secondary N) is 1. The van der Waals surface area contributed by atoms with Gasteiger partial charge < -0.3 is 11.1 Å².